The molecule has 1 atom stereocenters. The van der Waals surface area contributed by atoms with Crippen molar-refractivity contribution in [1.29, 1.82) is 0 Å². The Morgan fingerprint density at radius 2 is 1.77 bits per heavy atom. The minimum absolute atomic E-state index is 0.00541. The highest BCUT2D eigenvalue weighted by Gasteiger charge is 2.27. The maximum atomic E-state index is 12.7. The van der Waals surface area contributed by atoms with Crippen LogP contribution in [0.2, 0.25) is 0 Å². The largest absolute Gasteiger partial charge is 0.294 e. The summed E-state index contributed by atoms with van der Waals surface area (Å²) in [4.78, 5) is 25.5. The number of fused-ring (bicyclic) bond motifs is 1. The fourth-order valence-corrected chi connectivity index (χ4v) is 3.72. The summed E-state index contributed by atoms with van der Waals surface area (Å²) in [5, 5.41) is 0. The first-order chi connectivity index (χ1) is 10.6. The number of hydrogen-bond acceptors (Lipinski definition) is 3. The van der Waals surface area contributed by atoms with Crippen molar-refractivity contribution < 1.29 is 13.8 Å². The highest BCUT2D eigenvalue weighted by molar-refractivity contribution is 7.84. The maximum Gasteiger partial charge on any atom is 0.193 e. The molecule has 1 aliphatic rings. The summed E-state index contributed by atoms with van der Waals surface area (Å²) in [5.74, 6) is -0.0888. The average Bonchev–Trinajstić information content (AvgIpc) is 2.54. The molecule has 4 heteroatoms. The van der Waals surface area contributed by atoms with Gasteiger partial charge in [0.25, 0.3) is 0 Å². The Balaban J connectivity index is 2.18. The van der Waals surface area contributed by atoms with Gasteiger partial charge in [0.05, 0.1) is 10.8 Å². The Morgan fingerprint density at radius 3 is 2.45 bits per heavy atom. The normalized spacial score (nSPS) is 15.2. The topological polar surface area (TPSA) is 51.2 Å². The van der Waals surface area contributed by atoms with Crippen molar-refractivity contribution in [3.63, 3.8) is 0 Å². The highest BCUT2D eigenvalue weighted by Crippen LogP contribution is 2.30. The van der Waals surface area contributed by atoms with Gasteiger partial charge in [0.2, 0.25) is 0 Å². The van der Waals surface area contributed by atoms with Gasteiger partial charge in [-0.15, -0.1) is 0 Å². The van der Waals surface area contributed by atoms with E-state index in [0.717, 1.165) is 12.0 Å². The average molecular weight is 312 g/mol. The molecule has 0 N–H and O–H groups in total. The molecule has 0 fully saturated rings. The molecule has 0 spiro atoms. The summed E-state index contributed by atoms with van der Waals surface area (Å²) in [6, 6.07) is 12.4. The number of benzene rings is 2. The molecule has 2 aromatic rings. The van der Waals surface area contributed by atoms with E-state index in [1.54, 1.807) is 30.5 Å². The van der Waals surface area contributed by atoms with Crippen LogP contribution < -0.4 is 0 Å². The van der Waals surface area contributed by atoms with Crippen molar-refractivity contribution in [2.45, 2.75) is 24.2 Å². The van der Waals surface area contributed by atoms with Gasteiger partial charge in [-0.05, 0) is 30.5 Å². The lowest BCUT2D eigenvalue weighted by Gasteiger charge is -2.20. The van der Waals surface area contributed by atoms with Gasteiger partial charge in [0.1, 0.15) is 0 Å². The molecule has 0 saturated heterocycles. The van der Waals surface area contributed by atoms with Gasteiger partial charge in [0.15, 0.2) is 11.6 Å². The number of Topliss-reactive ketones (excluding diaryl/α,β-unsaturated/α-hetero) is 1. The number of carbonyl (C=O) groups is 2. The minimum atomic E-state index is -1.24. The lowest BCUT2D eigenvalue weighted by atomic mass is 9.85. The van der Waals surface area contributed by atoms with Crippen LogP contribution in [0.25, 0.3) is 0 Å². The second-order valence-electron chi connectivity index (χ2n) is 5.39. The second kappa shape index (κ2) is 5.97. The second-order valence-corrected chi connectivity index (χ2v) is 6.74. The summed E-state index contributed by atoms with van der Waals surface area (Å²) < 4.78 is 11.9. The molecule has 0 radical (unpaired) electrons. The number of carbonyl (C=O) groups excluding carboxylic acids is 2. The number of hydrogen-bond donors (Lipinski definition) is 0. The molecule has 0 bridgehead atoms. The standard InChI is InChI=1S/C18H16O3S/c1-22(21)16-11-10-14(13-8-5-9-15(19)17(13)16)18(20)12-6-3-2-4-7-12/h2-4,6-7,10-11H,5,8-9H2,1H3. The summed E-state index contributed by atoms with van der Waals surface area (Å²) in [6.45, 7) is 0. The molecule has 112 valence electrons. The first kappa shape index (κ1) is 14.9. The van der Waals surface area contributed by atoms with Crippen LogP contribution >= 0.6 is 0 Å². The third-order valence-corrected chi connectivity index (χ3v) is 4.93. The van der Waals surface area contributed by atoms with Crippen molar-refractivity contribution in [3.8, 4) is 0 Å². The Bertz CT molecular complexity index is 778. The quantitative estimate of drug-likeness (QED) is 0.818. The van der Waals surface area contributed by atoms with E-state index in [4.69, 9.17) is 0 Å². The highest BCUT2D eigenvalue weighted by atomic mass is 32.2. The fourth-order valence-electron chi connectivity index (χ4n) is 2.94. The van der Waals surface area contributed by atoms with Gasteiger partial charge in [-0.1, -0.05) is 30.3 Å². The molecule has 0 aromatic heterocycles. The van der Waals surface area contributed by atoms with Crippen LogP contribution in [-0.4, -0.2) is 22.0 Å². The summed E-state index contributed by atoms with van der Waals surface area (Å²) in [6.07, 6.45) is 3.44. The van der Waals surface area contributed by atoms with Crippen molar-refractivity contribution >= 4 is 22.4 Å². The molecule has 0 saturated carbocycles. The van der Waals surface area contributed by atoms with Gasteiger partial charge in [-0.25, -0.2) is 0 Å². The van der Waals surface area contributed by atoms with E-state index in [9.17, 15) is 13.8 Å². The predicted octanol–water partition coefficient (Wildman–Crippen LogP) is 3.17. The molecule has 0 aliphatic heterocycles. The van der Waals surface area contributed by atoms with E-state index in [0.29, 0.717) is 34.4 Å². The van der Waals surface area contributed by atoms with E-state index < -0.39 is 10.8 Å². The zero-order chi connectivity index (χ0) is 15.7. The zero-order valence-electron chi connectivity index (χ0n) is 12.3. The molecule has 1 unspecified atom stereocenters. The molecule has 3 rings (SSSR count). The van der Waals surface area contributed by atoms with Crippen LogP contribution in [0.1, 0.15) is 44.7 Å². The van der Waals surface area contributed by atoms with Gasteiger partial charge < -0.3 is 0 Å². The Kier molecular flexibility index (Phi) is 4.03. The van der Waals surface area contributed by atoms with Gasteiger partial charge in [0, 0.05) is 34.3 Å². The first-order valence-corrected chi connectivity index (χ1v) is 8.77. The zero-order valence-corrected chi connectivity index (χ0v) is 13.1. The monoisotopic (exact) mass is 312 g/mol. The third kappa shape index (κ3) is 2.55. The number of ketones is 2. The molecule has 2 aromatic carbocycles. The van der Waals surface area contributed by atoms with Crippen molar-refractivity contribution in [1.82, 2.24) is 0 Å². The van der Waals surface area contributed by atoms with Crippen LogP contribution in [-0.2, 0) is 17.2 Å². The summed E-state index contributed by atoms with van der Waals surface area (Å²) >= 11 is 0. The smallest absolute Gasteiger partial charge is 0.193 e. The van der Waals surface area contributed by atoms with Crippen LogP contribution in [0.5, 0.6) is 0 Å². The number of rotatable bonds is 3. The van der Waals surface area contributed by atoms with Gasteiger partial charge in [-0.2, -0.15) is 0 Å². The molecular weight excluding hydrogens is 296 g/mol. The molecule has 0 amide bonds. The van der Waals surface area contributed by atoms with Gasteiger partial charge in [-0.3, -0.25) is 13.8 Å². The SMILES string of the molecule is CS(=O)c1ccc(C(=O)c2ccccc2)c2c1C(=O)CCC2. The van der Waals surface area contributed by atoms with E-state index >= 15 is 0 Å². The summed E-state index contributed by atoms with van der Waals surface area (Å²) in [7, 11) is -1.24. The molecule has 3 nitrogen and oxygen atoms in total. The van der Waals surface area contributed by atoms with Crippen LogP contribution in [0, 0.1) is 0 Å². The molecule has 1 aliphatic carbocycles. The van der Waals surface area contributed by atoms with E-state index in [-0.39, 0.29) is 11.6 Å². The van der Waals surface area contributed by atoms with E-state index in [2.05, 4.69) is 0 Å². The fraction of sp³-hybridized carbons (Fsp3) is 0.222. The van der Waals surface area contributed by atoms with Crippen LogP contribution in [0.15, 0.2) is 47.4 Å². The summed E-state index contributed by atoms with van der Waals surface area (Å²) in [5.41, 5.74) is 2.43. The maximum absolute atomic E-state index is 12.7. The lowest BCUT2D eigenvalue weighted by Crippen LogP contribution is -2.18. The van der Waals surface area contributed by atoms with E-state index in [1.807, 2.05) is 18.2 Å². The van der Waals surface area contributed by atoms with Crippen molar-refractivity contribution in [2.24, 2.45) is 0 Å². The van der Waals surface area contributed by atoms with Gasteiger partial charge >= 0.3 is 0 Å². The predicted molar refractivity (Wildman–Crippen MR) is 85.9 cm³/mol. The molecular formula is C18H16O3S. The van der Waals surface area contributed by atoms with Crippen LogP contribution in [0.3, 0.4) is 0 Å². The Hall–Kier alpha value is -2.07. The minimum Gasteiger partial charge on any atom is -0.294 e. The Morgan fingerprint density at radius 1 is 1.05 bits per heavy atom. The molecule has 22 heavy (non-hydrogen) atoms. The molecule has 0 heterocycles. The van der Waals surface area contributed by atoms with E-state index in [1.165, 1.54) is 0 Å². The first-order valence-electron chi connectivity index (χ1n) is 7.22. The van der Waals surface area contributed by atoms with Crippen molar-refractivity contribution in [2.75, 3.05) is 6.26 Å². The Labute approximate surface area is 131 Å². The van der Waals surface area contributed by atoms with Crippen LogP contribution in [0.4, 0.5) is 0 Å². The lowest BCUT2D eigenvalue weighted by molar-refractivity contribution is 0.0969. The van der Waals surface area contributed by atoms with Crippen molar-refractivity contribution in [3.05, 3.63) is 64.7 Å². The third-order valence-electron chi connectivity index (χ3n) is 3.97.